The summed E-state index contributed by atoms with van der Waals surface area (Å²) in [6.07, 6.45) is 3.35. The van der Waals surface area contributed by atoms with Gasteiger partial charge in [0.1, 0.15) is 12.7 Å². The second kappa shape index (κ2) is 7.06. The maximum atomic E-state index is 11.4. The second-order valence-corrected chi connectivity index (χ2v) is 4.00. The van der Waals surface area contributed by atoms with E-state index in [-0.39, 0.29) is 13.0 Å². The average Bonchev–Trinajstić information content (AvgIpc) is 2.32. The van der Waals surface area contributed by atoms with Crippen LogP contribution >= 0.6 is 0 Å². The first-order valence-corrected chi connectivity index (χ1v) is 5.80. The van der Waals surface area contributed by atoms with Crippen molar-refractivity contribution in [3.8, 4) is 0 Å². The molecule has 0 aliphatic heterocycles. The average molecular weight is 242 g/mol. The molecule has 0 spiro atoms. The Hall–Kier alpha value is -1.36. The lowest BCUT2D eigenvalue weighted by Gasteiger charge is -2.27. The van der Waals surface area contributed by atoms with Crippen molar-refractivity contribution in [2.75, 3.05) is 6.61 Å². The number of aliphatic hydroxyl groups excluding tert-OH is 1. The van der Waals surface area contributed by atoms with Crippen LogP contribution in [-0.2, 0) is 19.1 Å². The van der Waals surface area contributed by atoms with Gasteiger partial charge in [-0.15, -0.1) is 0 Å². The van der Waals surface area contributed by atoms with Crippen LogP contribution in [0.5, 0.6) is 0 Å². The fourth-order valence-corrected chi connectivity index (χ4v) is 1.74. The van der Waals surface area contributed by atoms with Crippen molar-refractivity contribution in [2.45, 2.75) is 44.3 Å². The molecular formula is C12H18O5. The van der Waals surface area contributed by atoms with Crippen LogP contribution < -0.4 is 0 Å². The highest BCUT2D eigenvalue weighted by Crippen LogP contribution is 2.21. The van der Waals surface area contributed by atoms with Gasteiger partial charge in [-0.2, -0.15) is 0 Å². The van der Waals surface area contributed by atoms with Crippen LogP contribution in [0.3, 0.4) is 0 Å². The molecule has 17 heavy (non-hydrogen) atoms. The Balaban J connectivity index is 2.19. The predicted octanol–water partition coefficient (Wildman–Crippen LogP) is 0.952. The normalized spacial score (nSPS) is 23.8. The topological polar surface area (TPSA) is 72.8 Å². The van der Waals surface area contributed by atoms with Crippen molar-refractivity contribution in [1.82, 2.24) is 0 Å². The number of esters is 2. The van der Waals surface area contributed by atoms with E-state index in [0.717, 1.165) is 18.9 Å². The van der Waals surface area contributed by atoms with E-state index in [9.17, 15) is 14.7 Å². The monoisotopic (exact) mass is 242 g/mol. The van der Waals surface area contributed by atoms with Gasteiger partial charge in [0.05, 0.1) is 12.5 Å². The van der Waals surface area contributed by atoms with Crippen LogP contribution in [0.25, 0.3) is 0 Å². The fourth-order valence-electron chi connectivity index (χ4n) is 1.74. The molecule has 2 atom stereocenters. The summed E-state index contributed by atoms with van der Waals surface area (Å²) in [5.41, 5.74) is 0. The van der Waals surface area contributed by atoms with Crippen LogP contribution in [0.2, 0.25) is 0 Å². The minimum absolute atomic E-state index is 0.00278. The third-order valence-electron chi connectivity index (χ3n) is 2.67. The first-order valence-electron chi connectivity index (χ1n) is 5.80. The van der Waals surface area contributed by atoms with Gasteiger partial charge >= 0.3 is 11.9 Å². The van der Waals surface area contributed by atoms with Crippen molar-refractivity contribution in [3.63, 3.8) is 0 Å². The Morgan fingerprint density at radius 2 is 2.06 bits per heavy atom. The molecule has 0 bridgehead atoms. The van der Waals surface area contributed by atoms with E-state index in [1.54, 1.807) is 0 Å². The van der Waals surface area contributed by atoms with Gasteiger partial charge < -0.3 is 14.6 Å². The summed E-state index contributed by atoms with van der Waals surface area (Å²) < 4.78 is 9.77. The highest BCUT2D eigenvalue weighted by Gasteiger charge is 2.26. The number of ether oxygens (including phenoxy) is 2. The standard InChI is InChI=1S/C12H18O5/c1-2-11(14)16-8-7-12(15)17-10-6-4-3-5-9(10)13/h2,9-10,13H,1,3-8H2. The number of carbonyl (C=O) groups excluding carboxylic acids is 2. The van der Waals surface area contributed by atoms with Crippen LogP contribution in [0.1, 0.15) is 32.1 Å². The Kier molecular flexibility index (Phi) is 5.69. The molecule has 1 N–H and O–H groups in total. The molecule has 0 radical (unpaired) electrons. The number of aliphatic hydroxyl groups is 1. The summed E-state index contributed by atoms with van der Waals surface area (Å²) in [6, 6.07) is 0. The SMILES string of the molecule is C=CC(=O)OCCC(=O)OC1CCCCC1O. The number of hydrogen-bond acceptors (Lipinski definition) is 5. The third-order valence-corrected chi connectivity index (χ3v) is 2.67. The number of rotatable bonds is 5. The minimum Gasteiger partial charge on any atom is -0.462 e. The fraction of sp³-hybridized carbons (Fsp3) is 0.667. The summed E-state index contributed by atoms with van der Waals surface area (Å²) in [4.78, 5) is 22.1. The van der Waals surface area contributed by atoms with Crippen LogP contribution in [0, 0.1) is 0 Å². The summed E-state index contributed by atoms with van der Waals surface area (Å²) >= 11 is 0. The smallest absolute Gasteiger partial charge is 0.330 e. The summed E-state index contributed by atoms with van der Waals surface area (Å²) in [5, 5.41) is 9.59. The molecule has 1 aliphatic carbocycles. The molecule has 1 aliphatic rings. The largest absolute Gasteiger partial charge is 0.462 e. The maximum absolute atomic E-state index is 11.4. The molecule has 0 saturated heterocycles. The van der Waals surface area contributed by atoms with E-state index in [0.29, 0.717) is 12.8 Å². The van der Waals surface area contributed by atoms with Gasteiger partial charge in [0.25, 0.3) is 0 Å². The molecule has 2 unspecified atom stereocenters. The minimum atomic E-state index is -0.566. The van der Waals surface area contributed by atoms with E-state index in [1.165, 1.54) is 0 Å². The summed E-state index contributed by atoms with van der Waals surface area (Å²) in [7, 11) is 0. The lowest BCUT2D eigenvalue weighted by molar-refractivity contribution is -0.159. The first kappa shape index (κ1) is 13.7. The molecule has 0 aromatic heterocycles. The van der Waals surface area contributed by atoms with Gasteiger partial charge in [-0.3, -0.25) is 4.79 Å². The Morgan fingerprint density at radius 1 is 1.35 bits per heavy atom. The number of carbonyl (C=O) groups is 2. The van der Waals surface area contributed by atoms with Gasteiger partial charge in [0.2, 0.25) is 0 Å². The Morgan fingerprint density at radius 3 is 2.71 bits per heavy atom. The van der Waals surface area contributed by atoms with Gasteiger partial charge in [-0.1, -0.05) is 13.0 Å². The number of hydrogen-bond donors (Lipinski definition) is 1. The molecule has 1 saturated carbocycles. The molecule has 0 aromatic carbocycles. The van der Waals surface area contributed by atoms with Crippen LogP contribution in [0.15, 0.2) is 12.7 Å². The molecule has 0 aromatic rings. The van der Waals surface area contributed by atoms with E-state index < -0.39 is 24.1 Å². The Bertz CT molecular complexity index is 287. The van der Waals surface area contributed by atoms with Crippen molar-refractivity contribution < 1.29 is 24.2 Å². The van der Waals surface area contributed by atoms with Gasteiger partial charge in [0.15, 0.2) is 0 Å². The zero-order valence-corrected chi connectivity index (χ0v) is 9.76. The highest BCUT2D eigenvalue weighted by molar-refractivity contribution is 5.81. The molecule has 0 heterocycles. The summed E-state index contributed by atoms with van der Waals surface area (Å²) in [5.74, 6) is -1.01. The molecule has 1 rings (SSSR count). The van der Waals surface area contributed by atoms with E-state index >= 15 is 0 Å². The van der Waals surface area contributed by atoms with Gasteiger partial charge in [-0.05, 0) is 19.3 Å². The maximum Gasteiger partial charge on any atom is 0.330 e. The molecule has 96 valence electrons. The van der Waals surface area contributed by atoms with E-state index in [2.05, 4.69) is 11.3 Å². The van der Waals surface area contributed by atoms with Crippen molar-refractivity contribution in [2.24, 2.45) is 0 Å². The lowest BCUT2D eigenvalue weighted by atomic mass is 9.95. The van der Waals surface area contributed by atoms with Crippen LogP contribution in [-0.4, -0.2) is 35.9 Å². The van der Waals surface area contributed by atoms with E-state index in [1.807, 2.05) is 0 Å². The lowest BCUT2D eigenvalue weighted by Crippen LogP contribution is -2.34. The van der Waals surface area contributed by atoms with Gasteiger partial charge in [0, 0.05) is 6.08 Å². The van der Waals surface area contributed by atoms with E-state index in [4.69, 9.17) is 4.74 Å². The van der Waals surface area contributed by atoms with Gasteiger partial charge in [-0.25, -0.2) is 4.79 Å². The van der Waals surface area contributed by atoms with Crippen LogP contribution in [0.4, 0.5) is 0 Å². The molecule has 5 heteroatoms. The molecular weight excluding hydrogens is 224 g/mol. The van der Waals surface area contributed by atoms with Crippen molar-refractivity contribution in [3.05, 3.63) is 12.7 Å². The first-order chi connectivity index (χ1) is 8.13. The quantitative estimate of drug-likeness (QED) is 0.574. The summed E-state index contributed by atoms with van der Waals surface area (Å²) in [6.45, 7) is 3.22. The Labute approximate surface area is 100 Å². The predicted molar refractivity (Wildman–Crippen MR) is 60.1 cm³/mol. The zero-order chi connectivity index (χ0) is 12.7. The molecule has 1 fully saturated rings. The molecule has 5 nitrogen and oxygen atoms in total. The second-order valence-electron chi connectivity index (χ2n) is 4.00. The molecule has 0 amide bonds. The highest BCUT2D eigenvalue weighted by atomic mass is 16.6. The van der Waals surface area contributed by atoms with Crippen molar-refractivity contribution in [1.29, 1.82) is 0 Å². The zero-order valence-electron chi connectivity index (χ0n) is 9.76. The van der Waals surface area contributed by atoms with Crippen molar-refractivity contribution >= 4 is 11.9 Å². The third kappa shape index (κ3) is 4.99.